The maximum atomic E-state index is 5.04. The van der Waals surface area contributed by atoms with Crippen molar-refractivity contribution in [1.29, 1.82) is 0 Å². The first-order chi connectivity index (χ1) is 18.8. The second-order valence-corrected chi connectivity index (χ2v) is 12.8. The molecule has 2 aliphatic heterocycles. The molecule has 7 heterocycles. The molecule has 10 nitrogen and oxygen atoms in total. The van der Waals surface area contributed by atoms with Crippen LogP contribution in [-0.2, 0) is 38.2 Å². The summed E-state index contributed by atoms with van der Waals surface area (Å²) in [6, 6.07) is 3.84. The standard InChI is InChI=1S/C30H30N10.Ni/c1-27(2)23-35-19-15-9-11-31-13-17(15)21(33-19)37-25-29(5,6)30(7,8)26(40-25)38-22-18-14-32-12-10-16(18)20(34-22)36-24(39-23)28(27,3)4;/h9-14H,1-8H3;/q-2;+2. The first-order valence-corrected chi connectivity index (χ1v) is 13.4. The molecule has 0 atom stereocenters. The van der Waals surface area contributed by atoms with Crippen molar-refractivity contribution < 1.29 is 16.5 Å². The van der Waals surface area contributed by atoms with Gasteiger partial charge in [-0.1, -0.05) is 55.4 Å². The molecule has 0 saturated heterocycles. The van der Waals surface area contributed by atoms with Crippen LogP contribution in [-0.4, -0.2) is 39.9 Å². The van der Waals surface area contributed by atoms with E-state index in [0.717, 1.165) is 21.5 Å². The van der Waals surface area contributed by atoms with Gasteiger partial charge in [-0.15, -0.1) is 0 Å². The summed E-state index contributed by atoms with van der Waals surface area (Å²) in [5.74, 6) is 2.60. The SMILES string of the molecule is CC1(C)c2nc(nc3[n-]c(nc4nc(nc5[n-]c(n2)c2ccncc52)C(C)(C)C4(C)C)c2cnccc32)C1(C)C.[Ni+2]. The molecule has 11 heteroatoms. The van der Waals surface area contributed by atoms with E-state index in [1.54, 1.807) is 24.8 Å². The molecule has 0 aliphatic carbocycles. The Morgan fingerprint density at radius 2 is 0.732 bits per heavy atom. The molecule has 5 aromatic rings. The van der Waals surface area contributed by atoms with Crippen LogP contribution in [0.4, 0.5) is 0 Å². The second-order valence-electron chi connectivity index (χ2n) is 12.8. The van der Waals surface area contributed by atoms with Crippen molar-refractivity contribution >= 4 is 44.1 Å². The molecule has 5 aromatic heterocycles. The number of rotatable bonds is 0. The Morgan fingerprint density at radius 1 is 0.439 bits per heavy atom. The minimum absolute atomic E-state index is 0. The van der Waals surface area contributed by atoms with Crippen molar-refractivity contribution in [2.75, 3.05) is 0 Å². The Balaban J connectivity index is 0.00000302. The summed E-state index contributed by atoms with van der Waals surface area (Å²) in [6.07, 6.45) is 7.06. The molecule has 8 bridgehead atoms. The fourth-order valence-corrected chi connectivity index (χ4v) is 5.26. The van der Waals surface area contributed by atoms with E-state index >= 15 is 0 Å². The monoisotopic (exact) mass is 588 g/mol. The Hall–Kier alpha value is -3.85. The second kappa shape index (κ2) is 8.58. The molecule has 41 heavy (non-hydrogen) atoms. The van der Waals surface area contributed by atoms with Gasteiger partial charge < -0.3 is 29.9 Å². The average Bonchev–Trinajstić information content (AvgIpc) is 3.52. The van der Waals surface area contributed by atoms with Crippen LogP contribution in [0.1, 0.15) is 78.7 Å². The van der Waals surface area contributed by atoms with Crippen molar-refractivity contribution in [1.82, 2.24) is 49.8 Å². The molecule has 7 rings (SSSR count). The number of fused-ring (bicyclic) bond motifs is 14. The minimum atomic E-state index is -0.441. The van der Waals surface area contributed by atoms with Crippen LogP contribution in [0.2, 0.25) is 0 Å². The molecular formula is C30H30N10Ni. The molecule has 0 N–H and O–H groups in total. The van der Waals surface area contributed by atoms with E-state index in [4.69, 9.17) is 39.9 Å². The fraction of sp³-hybridized carbons (Fsp3) is 0.400. The molecule has 0 unspecified atom stereocenters. The summed E-state index contributed by atoms with van der Waals surface area (Å²) < 4.78 is 0. The van der Waals surface area contributed by atoms with Gasteiger partial charge in [0.15, 0.2) is 0 Å². The topological polar surface area (TPSA) is 131 Å². The van der Waals surface area contributed by atoms with E-state index in [1.807, 2.05) is 12.1 Å². The fourth-order valence-electron chi connectivity index (χ4n) is 5.26. The van der Waals surface area contributed by atoms with Gasteiger partial charge in [0.2, 0.25) is 0 Å². The first-order valence-electron chi connectivity index (χ1n) is 13.4. The van der Waals surface area contributed by atoms with E-state index in [1.165, 1.54) is 0 Å². The van der Waals surface area contributed by atoms with Gasteiger partial charge in [-0.2, -0.15) is 0 Å². The molecule has 0 radical (unpaired) electrons. The van der Waals surface area contributed by atoms with Gasteiger partial charge in [0, 0.05) is 79.8 Å². The summed E-state index contributed by atoms with van der Waals surface area (Å²) in [4.78, 5) is 48.6. The first kappa shape index (κ1) is 27.3. The van der Waals surface area contributed by atoms with Gasteiger partial charge in [-0.25, -0.2) is 0 Å². The summed E-state index contributed by atoms with van der Waals surface area (Å²) in [5.41, 5.74) is 0.433. The maximum Gasteiger partial charge on any atom is 2.00 e. The van der Waals surface area contributed by atoms with Crippen molar-refractivity contribution in [2.45, 2.75) is 77.0 Å². The normalized spacial score (nSPS) is 18.3. The molecule has 0 fully saturated rings. The number of hydrogen-bond acceptors (Lipinski definition) is 8. The average molecular weight is 589 g/mol. The van der Waals surface area contributed by atoms with Crippen LogP contribution < -0.4 is 9.97 Å². The van der Waals surface area contributed by atoms with Crippen LogP contribution in [0.25, 0.3) is 44.1 Å². The van der Waals surface area contributed by atoms with E-state index < -0.39 is 21.7 Å². The van der Waals surface area contributed by atoms with Crippen molar-refractivity contribution in [3.05, 3.63) is 60.2 Å². The van der Waals surface area contributed by atoms with Gasteiger partial charge in [0.1, 0.15) is 0 Å². The van der Waals surface area contributed by atoms with Crippen molar-refractivity contribution in [3.8, 4) is 0 Å². The number of pyridine rings is 2. The number of aromatic nitrogens is 10. The third-order valence-corrected chi connectivity index (χ3v) is 9.66. The van der Waals surface area contributed by atoms with E-state index in [2.05, 4.69) is 65.4 Å². The molecule has 0 amide bonds. The van der Waals surface area contributed by atoms with Gasteiger partial charge in [0.05, 0.1) is 23.3 Å². The van der Waals surface area contributed by atoms with E-state index in [-0.39, 0.29) is 16.5 Å². The number of hydrogen-bond donors (Lipinski definition) is 0. The molecule has 0 aromatic carbocycles. The third kappa shape index (κ3) is 3.61. The Labute approximate surface area is 247 Å². The van der Waals surface area contributed by atoms with E-state index in [9.17, 15) is 0 Å². The van der Waals surface area contributed by atoms with Crippen molar-refractivity contribution in [3.63, 3.8) is 0 Å². The molecular weight excluding hydrogens is 559 g/mol. The van der Waals surface area contributed by atoms with Crippen LogP contribution in [0.3, 0.4) is 0 Å². The summed E-state index contributed by atoms with van der Waals surface area (Å²) in [6.45, 7) is 17.1. The molecule has 0 spiro atoms. The van der Waals surface area contributed by atoms with Crippen LogP contribution in [0, 0.1) is 0 Å². The van der Waals surface area contributed by atoms with Crippen LogP contribution >= 0.6 is 0 Å². The quantitative estimate of drug-likeness (QED) is 0.233. The van der Waals surface area contributed by atoms with Crippen molar-refractivity contribution in [2.24, 2.45) is 0 Å². The smallest absolute Gasteiger partial charge is 0.357 e. The van der Waals surface area contributed by atoms with Crippen LogP contribution in [0.5, 0.6) is 0 Å². The Kier molecular flexibility index (Phi) is 5.72. The van der Waals surface area contributed by atoms with Gasteiger partial charge in [0.25, 0.3) is 0 Å². The summed E-state index contributed by atoms with van der Waals surface area (Å²) in [5, 5.41) is 3.36. The largest absolute Gasteiger partial charge is 2.00 e. The Bertz CT molecular complexity index is 1750. The third-order valence-electron chi connectivity index (χ3n) is 9.66. The van der Waals surface area contributed by atoms with E-state index in [0.29, 0.717) is 45.9 Å². The zero-order chi connectivity index (χ0) is 28.2. The molecule has 210 valence electrons. The summed E-state index contributed by atoms with van der Waals surface area (Å²) >= 11 is 0. The predicted octanol–water partition coefficient (Wildman–Crippen LogP) is 4.76. The zero-order valence-electron chi connectivity index (χ0n) is 24.3. The minimum Gasteiger partial charge on any atom is -0.357 e. The maximum absolute atomic E-state index is 5.04. The van der Waals surface area contributed by atoms with Gasteiger partial charge in [-0.3, -0.25) is 19.9 Å². The predicted molar refractivity (Wildman–Crippen MR) is 153 cm³/mol. The molecule has 0 saturated carbocycles. The van der Waals surface area contributed by atoms with Gasteiger partial charge >= 0.3 is 16.5 Å². The summed E-state index contributed by atoms with van der Waals surface area (Å²) in [7, 11) is 0. The molecule has 2 aliphatic rings. The zero-order valence-corrected chi connectivity index (χ0v) is 25.2. The Morgan fingerprint density at radius 3 is 1.05 bits per heavy atom. The van der Waals surface area contributed by atoms with Gasteiger partial charge in [-0.05, 0) is 22.9 Å². The number of nitrogens with zero attached hydrogens (tertiary/aromatic N) is 10. The van der Waals surface area contributed by atoms with Crippen LogP contribution in [0.15, 0.2) is 36.9 Å².